The van der Waals surface area contributed by atoms with E-state index in [1.54, 1.807) is 0 Å². The molecule has 1 aliphatic heterocycles. The average Bonchev–Trinajstić information content (AvgIpc) is 2.52. The van der Waals surface area contributed by atoms with E-state index in [0.29, 0.717) is 19.6 Å². The topological polar surface area (TPSA) is 83.9 Å². The van der Waals surface area contributed by atoms with Gasteiger partial charge in [-0.2, -0.15) is 0 Å². The van der Waals surface area contributed by atoms with E-state index in [1.165, 1.54) is 4.31 Å². The van der Waals surface area contributed by atoms with E-state index in [0.717, 1.165) is 5.56 Å². The van der Waals surface area contributed by atoms with Crippen molar-refractivity contribution in [1.29, 1.82) is 0 Å². The number of rotatable bonds is 7. The Hall–Kier alpha value is -1.44. The zero-order chi connectivity index (χ0) is 16.9. The van der Waals surface area contributed by atoms with Crippen molar-refractivity contribution in [3.8, 4) is 0 Å². The number of aliphatic carboxylic acids is 1. The van der Waals surface area contributed by atoms with Crippen LogP contribution < -0.4 is 0 Å². The smallest absolute Gasteiger partial charge is 0.307 e. The zero-order valence-electron chi connectivity index (χ0n) is 13.2. The second-order valence-corrected chi connectivity index (χ2v) is 8.14. The Morgan fingerprint density at radius 1 is 1.30 bits per heavy atom. The summed E-state index contributed by atoms with van der Waals surface area (Å²) in [4.78, 5) is 11.1. The molecule has 0 radical (unpaired) electrons. The highest BCUT2D eigenvalue weighted by Gasteiger charge is 2.35. The van der Waals surface area contributed by atoms with Crippen molar-refractivity contribution in [2.45, 2.75) is 20.0 Å². The molecule has 1 saturated heterocycles. The molecule has 1 N–H and O–H groups in total. The molecule has 2 atom stereocenters. The average molecular weight is 341 g/mol. The van der Waals surface area contributed by atoms with E-state index in [2.05, 4.69) is 0 Å². The van der Waals surface area contributed by atoms with Gasteiger partial charge in [-0.3, -0.25) is 4.79 Å². The highest BCUT2D eigenvalue weighted by atomic mass is 32.2. The Morgan fingerprint density at radius 3 is 2.65 bits per heavy atom. The van der Waals surface area contributed by atoms with Gasteiger partial charge in [0.25, 0.3) is 0 Å². The number of ether oxygens (including phenoxy) is 1. The first-order chi connectivity index (χ1) is 10.9. The Morgan fingerprint density at radius 2 is 2.00 bits per heavy atom. The molecule has 1 aromatic carbocycles. The van der Waals surface area contributed by atoms with Crippen molar-refractivity contribution in [3.63, 3.8) is 0 Å². The maximum atomic E-state index is 12.4. The molecule has 0 amide bonds. The van der Waals surface area contributed by atoms with Crippen molar-refractivity contribution in [2.75, 3.05) is 25.4 Å². The minimum atomic E-state index is -3.49. The molecule has 0 saturated carbocycles. The summed E-state index contributed by atoms with van der Waals surface area (Å²) in [5, 5.41) is 9.13. The molecule has 7 heteroatoms. The van der Waals surface area contributed by atoms with Gasteiger partial charge in [0, 0.05) is 13.1 Å². The Balaban J connectivity index is 1.84. The molecule has 6 nitrogen and oxygen atoms in total. The molecule has 1 aromatic rings. The Labute approximate surface area is 137 Å². The third-order valence-electron chi connectivity index (χ3n) is 3.97. The Bertz CT molecular complexity index is 617. The maximum Gasteiger partial charge on any atom is 0.307 e. The quantitative estimate of drug-likeness (QED) is 0.761. The number of hydrogen-bond donors (Lipinski definition) is 1. The van der Waals surface area contributed by atoms with Crippen molar-refractivity contribution in [2.24, 2.45) is 11.8 Å². The number of piperidine rings is 1. The lowest BCUT2D eigenvalue weighted by Crippen LogP contribution is -2.46. The van der Waals surface area contributed by atoms with E-state index in [9.17, 15) is 13.2 Å². The van der Waals surface area contributed by atoms with Gasteiger partial charge >= 0.3 is 5.97 Å². The molecule has 128 valence electrons. The number of carbonyl (C=O) groups is 1. The second kappa shape index (κ2) is 7.90. The fraction of sp³-hybridized carbons (Fsp3) is 0.562. The minimum absolute atomic E-state index is 0.0462. The molecule has 23 heavy (non-hydrogen) atoms. The van der Waals surface area contributed by atoms with Crippen LogP contribution >= 0.6 is 0 Å². The maximum absolute atomic E-state index is 12.4. The molecule has 0 spiro atoms. The van der Waals surface area contributed by atoms with Gasteiger partial charge in [-0.05, 0) is 17.9 Å². The van der Waals surface area contributed by atoms with Crippen LogP contribution in [0.15, 0.2) is 30.3 Å². The summed E-state index contributed by atoms with van der Waals surface area (Å²) in [5.74, 6) is -1.64. The van der Waals surface area contributed by atoms with Crippen LogP contribution in [0.4, 0.5) is 0 Å². The predicted octanol–water partition coefficient (Wildman–Crippen LogP) is 1.58. The first-order valence-corrected chi connectivity index (χ1v) is 9.31. The summed E-state index contributed by atoms with van der Waals surface area (Å²) in [5.41, 5.74) is 0.988. The fourth-order valence-corrected chi connectivity index (χ4v) is 4.24. The van der Waals surface area contributed by atoms with Crippen molar-refractivity contribution < 1.29 is 23.1 Å². The third-order valence-corrected chi connectivity index (χ3v) is 5.73. The third kappa shape index (κ3) is 5.30. The standard InChI is InChI=1S/C16H23NO5S/c1-13-9-15(16(18)19)11-17(10-13)23(20,21)8-7-22-12-14-5-3-2-4-6-14/h2-6,13,15H,7-12H2,1H3,(H,18,19). The zero-order valence-corrected chi connectivity index (χ0v) is 14.0. The summed E-state index contributed by atoms with van der Waals surface area (Å²) in [7, 11) is -3.49. The van der Waals surface area contributed by atoms with Crippen LogP contribution in [0.3, 0.4) is 0 Å². The number of carboxylic acids is 1. The summed E-state index contributed by atoms with van der Waals surface area (Å²) in [6.45, 7) is 2.78. The normalized spacial score (nSPS) is 22.8. The molecule has 0 aromatic heterocycles. The molecule has 0 bridgehead atoms. The van der Waals surface area contributed by atoms with Crippen LogP contribution in [-0.2, 0) is 26.2 Å². The van der Waals surface area contributed by atoms with Crippen LogP contribution in [0, 0.1) is 11.8 Å². The van der Waals surface area contributed by atoms with E-state index in [1.807, 2.05) is 37.3 Å². The van der Waals surface area contributed by atoms with Gasteiger partial charge in [-0.1, -0.05) is 37.3 Å². The van der Waals surface area contributed by atoms with Gasteiger partial charge in [0.05, 0.1) is 24.9 Å². The minimum Gasteiger partial charge on any atom is -0.481 e. The summed E-state index contributed by atoms with van der Waals surface area (Å²) in [6.07, 6.45) is 0.520. The van der Waals surface area contributed by atoms with Crippen molar-refractivity contribution in [1.82, 2.24) is 4.31 Å². The summed E-state index contributed by atoms with van der Waals surface area (Å²) >= 11 is 0. The molecule has 1 aliphatic rings. The number of nitrogens with zero attached hydrogens (tertiary/aromatic N) is 1. The summed E-state index contributed by atoms with van der Waals surface area (Å²) in [6, 6.07) is 9.54. The van der Waals surface area contributed by atoms with E-state index in [4.69, 9.17) is 9.84 Å². The molecule has 2 rings (SSSR count). The van der Waals surface area contributed by atoms with Gasteiger partial charge in [-0.15, -0.1) is 0 Å². The number of benzene rings is 1. The van der Waals surface area contributed by atoms with E-state index in [-0.39, 0.29) is 24.8 Å². The van der Waals surface area contributed by atoms with Crippen molar-refractivity contribution in [3.05, 3.63) is 35.9 Å². The van der Waals surface area contributed by atoms with Crippen LogP contribution in [0.1, 0.15) is 18.9 Å². The van der Waals surface area contributed by atoms with Crippen LogP contribution in [0.5, 0.6) is 0 Å². The molecular weight excluding hydrogens is 318 g/mol. The predicted molar refractivity (Wildman–Crippen MR) is 86.4 cm³/mol. The lowest BCUT2D eigenvalue weighted by Gasteiger charge is -2.33. The van der Waals surface area contributed by atoms with Gasteiger partial charge in [0.1, 0.15) is 0 Å². The number of carboxylic acid groups (broad SMARTS) is 1. The molecule has 1 fully saturated rings. The molecule has 0 aliphatic carbocycles. The Kier molecular flexibility index (Phi) is 6.15. The summed E-state index contributed by atoms with van der Waals surface area (Å²) < 4.78 is 31.5. The fourth-order valence-electron chi connectivity index (χ4n) is 2.77. The highest BCUT2D eigenvalue weighted by molar-refractivity contribution is 7.89. The lowest BCUT2D eigenvalue weighted by molar-refractivity contribution is -0.143. The van der Waals surface area contributed by atoms with Crippen molar-refractivity contribution >= 4 is 16.0 Å². The van der Waals surface area contributed by atoms with Crippen LogP contribution in [0.2, 0.25) is 0 Å². The largest absolute Gasteiger partial charge is 0.481 e. The molecule has 2 unspecified atom stereocenters. The first-order valence-electron chi connectivity index (χ1n) is 7.71. The van der Waals surface area contributed by atoms with Gasteiger partial charge in [0.2, 0.25) is 10.0 Å². The first kappa shape index (κ1) is 17.9. The lowest BCUT2D eigenvalue weighted by atomic mass is 9.92. The molecular formula is C16H23NO5S. The van der Waals surface area contributed by atoms with Crippen LogP contribution in [-0.4, -0.2) is 49.2 Å². The van der Waals surface area contributed by atoms with Gasteiger partial charge in [-0.25, -0.2) is 12.7 Å². The van der Waals surface area contributed by atoms with Crippen LogP contribution in [0.25, 0.3) is 0 Å². The van der Waals surface area contributed by atoms with E-state index < -0.39 is 21.9 Å². The monoisotopic (exact) mass is 341 g/mol. The van der Waals surface area contributed by atoms with E-state index >= 15 is 0 Å². The number of sulfonamides is 1. The number of hydrogen-bond acceptors (Lipinski definition) is 4. The second-order valence-electron chi connectivity index (χ2n) is 6.05. The highest BCUT2D eigenvalue weighted by Crippen LogP contribution is 2.24. The molecule has 1 heterocycles. The SMILES string of the molecule is CC1CC(C(=O)O)CN(S(=O)(=O)CCOCc2ccccc2)C1. The van der Waals surface area contributed by atoms with Gasteiger partial charge < -0.3 is 9.84 Å². The van der Waals surface area contributed by atoms with Gasteiger partial charge in [0.15, 0.2) is 0 Å².